The van der Waals surface area contributed by atoms with Crippen LogP contribution in [0.15, 0.2) is 114 Å². The topological polar surface area (TPSA) is 86.7 Å². The average molecular weight is 565 g/mol. The highest BCUT2D eigenvalue weighted by Crippen LogP contribution is 2.30. The molecule has 0 radical (unpaired) electrons. The molecule has 0 atom stereocenters. The lowest BCUT2D eigenvalue weighted by atomic mass is 9.90. The van der Waals surface area contributed by atoms with Gasteiger partial charge in [0.05, 0.1) is 12.8 Å². The lowest BCUT2D eigenvalue weighted by Gasteiger charge is -2.29. The molecule has 1 aliphatic carbocycles. The molecule has 1 aromatic heterocycles. The van der Waals surface area contributed by atoms with Gasteiger partial charge in [-0.2, -0.15) is 0 Å². The molecule has 0 bridgehead atoms. The van der Waals surface area contributed by atoms with Crippen molar-refractivity contribution in [1.29, 1.82) is 0 Å². The van der Waals surface area contributed by atoms with E-state index >= 15 is 0 Å². The fraction of sp³-hybridized carbons (Fsp3) is 0.206. The second-order valence-corrected chi connectivity index (χ2v) is 11.1. The van der Waals surface area contributed by atoms with Gasteiger partial charge in [-0.15, -0.1) is 11.3 Å². The first kappa shape index (κ1) is 28.1. The zero-order chi connectivity index (χ0) is 28.6. The summed E-state index contributed by atoms with van der Waals surface area (Å²) in [6.07, 6.45) is 4.27. The van der Waals surface area contributed by atoms with Crippen molar-refractivity contribution in [3.63, 3.8) is 0 Å². The number of amides is 2. The molecule has 0 unspecified atom stereocenters. The van der Waals surface area contributed by atoms with E-state index in [1.54, 1.807) is 17.4 Å². The van der Waals surface area contributed by atoms with E-state index in [9.17, 15) is 14.4 Å². The van der Waals surface area contributed by atoms with Crippen LogP contribution in [0.2, 0.25) is 0 Å². The molecule has 4 aromatic rings. The molecular formula is C34H32N2O4S. The van der Waals surface area contributed by atoms with Crippen molar-refractivity contribution in [1.82, 2.24) is 10.2 Å². The molecule has 0 saturated carbocycles. The average Bonchev–Trinajstić information content (AvgIpc) is 3.63. The minimum absolute atomic E-state index is 0.0191. The van der Waals surface area contributed by atoms with Crippen LogP contribution in [0.4, 0.5) is 0 Å². The molecule has 3 aromatic carbocycles. The highest BCUT2D eigenvalue weighted by molar-refractivity contribution is 7.17. The number of hydrogen-bond acceptors (Lipinski definition) is 4. The fourth-order valence-corrected chi connectivity index (χ4v) is 6.14. The molecule has 6 nitrogen and oxygen atoms in total. The molecule has 1 heterocycles. The summed E-state index contributed by atoms with van der Waals surface area (Å²) in [6.45, 7) is 0.974. The molecule has 208 valence electrons. The third-order valence-electron chi connectivity index (χ3n) is 7.31. The number of hydrogen-bond donors (Lipinski definition) is 2. The van der Waals surface area contributed by atoms with E-state index in [0.717, 1.165) is 32.3 Å². The normalized spacial score (nSPS) is 12.7. The Morgan fingerprint density at radius 2 is 1.54 bits per heavy atom. The number of benzene rings is 3. The molecule has 0 aliphatic heterocycles. The van der Waals surface area contributed by atoms with Crippen LogP contribution < -0.4 is 5.32 Å². The Morgan fingerprint density at radius 1 is 0.878 bits per heavy atom. The zero-order valence-electron chi connectivity index (χ0n) is 22.7. The predicted molar refractivity (Wildman–Crippen MR) is 163 cm³/mol. The number of nitrogens with one attached hydrogen (secondary N) is 1. The molecule has 0 spiro atoms. The third-order valence-corrected chi connectivity index (χ3v) is 8.32. The van der Waals surface area contributed by atoms with E-state index in [4.69, 9.17) is 5.11 Å². The number of aliphatic carboxylic acids is 1. The monoisotopic (exact) mass is 564 g/mol. The van der Waals surface area contributed by atoms with Crippen molar-refractivity contribution in [2.75, 3.05) is 19.6 Å². The van der Waals surface area contributed by atoms with Gasteiger partial charge in [0.15, 0.2) is 0 Å². The first-order valence-electron chi connectivity index (χ1n) is 13.7. The third kappa shape index (κ3) is 7.18. The van der Waals surface area contributed by atoms with E-state index < -0.39 is 5.97 Å². The smallest absolute Gasteiger partial charge is 0.305 e. The van der Waals surface area contributed by atoms with E-state index in [0.29, 0.717) is 31.5 Å². The van der Waals surface area contributed by atoms with Gasteiger partial charge in [-0.05, 0) is 39.1 Å². The van der Waals surface area contributed by atoms with Crippen molar-refractivity contribution in [2.45, 2.75) is 25.2 Å². The minimum Gasteiger partial charge on any atom is -0.481 e. The van der Waals surface area contributed by atoms with Crippen molar-refractivity contribution in [3.8, 4) is 0 Å². The summed E-state index contributed by atoms with van der Waals surface area (Å²) in [5, 5.41) is 14.7. The van der Waals surface area contributed by atoms with Gasteiger partial charge in [0.25, 0.3) is 0 Å². The molecule has 5 rings (SSSR count). The first-order chi connectivity index (χ1) is 20.0. The van der Waals surface area contributed by atoms with Gasteiger partial charge in [0.1, 0.15) is 0 Å². The standard InChI is InChI=1S/C34H32N2O4S/c37-32(20-28-23-41-31-14-8-7-13-29(28)31)36(21-24-15-16-27(19-24)34(40)35-18-17-33(38)39)22-30(25-9-3-1-4-10-25)26-11-5-2-6-12-26/h1-16,23,30H,17-22H2,(H,35,40)(H,38,39). The second kappa shape index (κ2) is 13.2. The van der Waals surface area contributed by atoms with E-state index in [1.165, 1.54) is 0 Å². The number of carbonyl (C=O) groups is 3. The summed E-state index contributed by atoms with van der Waals surface area (Å²) in [5.74, 6) is -1.21. The van der Waals surface area contributed by atoms with Crippen LogP contribution in [-0.4, -0.2) is 47.4 Å². The van der Waals surface area contributed by atoms with E-state index in [2.05, 4.69) is 47.1 Å². The van der Waals surface area contributed by atoms with Crippen molar-refractivity contribution >= 4 is 39.2 Å². The molecule has 0 saturated heterocycles. The molecule has 2 amide bonds. The highest BCUT2D eigenvalue weighted by Gasteiger charge is 2.25. The Balaban J connectivity index is 1.37. The molecule has 7 heteroatoms. The number of fused-ring (bicyclic) bond motifs is 1. The summed E-state index contributed by atoms with van der Waals surface area (Å²) in [6, 6.07) is 28.6. The summed E-state index contributed by atoms with van der Waals surface area (Å²) in [5.41, 5.74) is 4.83. The van der Waals surface area contributed by atoms with Gasteiger partial charge in [0.2, 0.25) is 11.8 Å². The number of carbonyl (C=O) groups excluding carboxylic acids is 2. The highest BCUT2D eigenvalue weighted by atomic mass is 32.1. The van der Waals surface area contributed by atoms with Crippen LogP contribution >= 0.6 is 11.3 Å². The summed E-state index contributed by atoms with van der Waals surface area (Å²) >= 11 is 1.65. The summed E-state index contributed by atoms with van der Waals surface area (Å²) in [7, 11) is 0. The fourth-order valence-electron chi connectivity index (χ4n) is 5.18. The minimum atomic E-state index is -0.955. The van der Waals surface area contributed by atoms with Gasteiger partial charge >= 0.3 is 5.97 Å². The van der Waals surface area contributed by atoms with Crippen LogP contribution in [0.1, 0.15) is 35.4 Å². The number of allylic oxidation sites excluding steroid dienone is 2. The Bertz CT molecular complexity index is 1550. The zero-order valence-corrected chi connectivity index (χ0v) is 23.5. The van der Waals surface area contributed by atoms with Crippen LogP contribution in [-0.2, 0) is 20.8 Å². The van der Waals surface area contributed by atoms with E-state index in [1.807, 2.05) is 59.5 Å². The second-order valence-electron chi connectivity index (χ2n) is 10.2. The van der Waals surface area contributed by atoms with Crippen molar-refractivity contribution in [2.24, 2.45) is 0 Å². The lowest BCUT2D eigenvalue weighted by Crippen LogP contribution is -2.37. The van der Waals surface area contributed by atoms with Gasteiger partial charge in [-0.3, -0.25) is 14.4 Å². The maximum atomic E-state index is 14.0. The first-order valence-corrected chi connectivity index (χ1v) is 14.6. The Morgan fingerprint density at radius 3 is 2.22 bits per heavy atom. The molecular weight excluding hydrogens is 532 g/mol. The van der Waals surface area contributed by atoms with Crippen LogP contribution in [0.25, 0.3) is 10.1 Å². The van der Waals surface area contributed by atoms with Crippen LogP contribution in [0.5, 0.6) is 0 Å². The van der Waals surface area contributed by atoms with Gasteiger partial charge in [-0.1, -0.05) is 91.0 Å². The van der Waals surface area contributed by atoms with Gasteiger partial charge < -0.3 is 15.3 Å². The molecule has 2 N–H and O–H groups in total. The molecule has 0 fully saturated rings. The number of carboxylic acids is 1. The maximum absolute atomic E-state index is 14.0. The van der Waals surface area contributed by atoms with Gasteiger partial charge in [-0.25, -0.2) is 0 Å². The lowest BCUT2D eigenvalue weighted by molar-refractivity contribution is -0.137. The summed E-state index contributed by atoms with van der Waals surface area (Å²) in [4.78, 5) is 39.3. The Labute approximate surface area is 243 Å². The Hall–Kier alpha value is -4.49. The van der Waals surface area contributed by atoms with Crippen LogP contribution in [0.3, 0.4) is 0 Å². The maximum Gasteiger partial charge on any atom is 0.305 e. The number of carboxylic acid groups (broad SMARTS) is 1. The molecule has 1 aliphatic rings. The quantitative estimate of drug-likeness (QED) is 0.223. The van der Waals surface area contributed by atoms with Crippen LogP contribution in [0, 0.1) is 0 Å². The predicted octanol–water partition coefficient (Wildman–Crippen LogP) is 5.95. The van der Waals surface area contributed by atoms with Gasteiger partial charge in [0, 0.05) is 42.2 Å². The molecule has 41 heavy (non-hydrogen) atoms. The van der Waals surface area contributed by atoms with Crippen molar-refractivity contribution in [3.05, 3.63) is 130 Å². The summed E-state index contributed by atoms with van der Waals surface area (Å²) < 4.78 is 1.16. The number of nitrogens with zero attached hydrogens (tertiary/aromatic N) is 1. The number of thiophene rings is 1. The Kier molecular flexibility index (Phi) is 9.06. The van der Waals surface area contributed by atoms with Crippen molar-refractivity contribution < 1.29 is 19.5 Å². The van der Waals surface area contributed by atoms with E-state index in [-0.39, 0.29) is 30.7 Å². The SMILES string of the molecule is O=C(O)CCNC(=O)C1=CC=C(CN(CC(c2ccccc2)c2ccccc2)C(=O)Cc2csc3ccccc23)C1. The largest absolute Gasteiger partial charge is 0.481 e. The number of rotatable bonds is 12.